The predicted molar refractivity (Wildman–Crippen MR) is 106 cm³/mol. The van der Waals surface area contributed by atoms with Gasteiger partial charge < -0.3 is 15.5 Å². The summed E-state index contributed by atoms with van der Waals surface area (Å²) in [5, 5.41) is 7.92. The maximum atomic E-state index is 12.7. The molecule has 0 unspecified atom stereocenters. The average Bonchev–Trinajstić information content (AvgIpc) is 3.22. The molecule has 2 heterocycles. The highest BCUT2D eigenvalue weighted by Gasteiger charge is 2.23. The van der Waals surface area contributed by atoms with Crippen LogP contribution in [0.2, 0.25) is 0 Å². The normalized spacial score (nSPS) is 15.0. The highest BCUT2D eigenvalue weighted by atomic mass is 32.1. The van der Waals surface area contributed by atoms with E-state index < -0.39 is 0 Å². The highest BCUT2D eigenvalue weighted by Crippen LogP contribution is 2.22. The number of rotatable bonds is 6. The lowest BCUT2D eigenvalue weighted by Crippen LogP contribution is -2.38. The number of nitrogens with zero attached hydrogens (tertiary/aromatic N) is 1. The number of likely N-dealkylation sites (tertiary alicyclic amines) is 1. The van der Waals surface area contributed by atoms with Crippen molar-refractivity contribution in [3.05, 3.63) is 52.2 Å². The SMILES string of the molecule is CNCCC1CCN(C(=O)c2ccc(NC(=O)c3cccs3)cc2)CC1. The van der Waals surface area contributed by atoms with E-state index in [1.54, 1.807) is 30.3 Å². The maximum absolute atomic E-state index is 12.7. The van der Waals surface area contributed by atoms with Gasteiger partial charge in [-0.25, -0.2) is 0 Å². The number of hydrogen-bond acceptors (Lipinski definition) is 4. The maximum Gasteiger partial charge on any atom is 0.265 e. The molecule has 0 aliphatic carbocycles. The molecule has 1 aromatic heterocycles. The zero-order chi connectivity index (χ0) is 18.4. The summed E-state index contributed by atoms with van der Waals surface area (Å²) >= 11 is 1.41. The smallest absolute Gasteiger partial charge is 0.265 e. The molecule has 1 aliphatic heterocycles. The molecule has 5 nitrogen and oxygen atoms in total. The van der Waals surface area contributed by atoms with E-state index in [2.05, 4.69) is 10.6 Å². The zero-order valence-corrected chi connectivity index (χ0v) is 15.8. The van der Waals surface area contributed by atoms with Gasteiger partial charge in [0.25, 0.3) is 11.8 Å². The second-order valence-electron chi connectivity index (χ2n) is 6.64. The van der Waals surface area contributed by atoms with Gasteiger partial charge in [-0.15, -0.1) is 11.3 Å². The minimum absolute atomic E-state index is 0.0770. The topological polar surface area (TPSA) is 61.4 Å². The lowest BCUT2D eigenvalue weighted by molar-refractivity contribution is 0.0687. The van der Waals surface area contributed by atoms with Crippen LogP contribution in [0, 0.1) is 5.92 Å². The molecule has 0 bridgehead atoms. The Bertz CT molecular complexity index is 720. The van der Waals surface area contributed by atoms with E-state index in [0.717, 1.165) is 32.5 Å². The third-order valence-corrected chi connectivity index (χ3v) is 5.71. The van der Waals surface area contributed by atoms with Crippen molar-refractivity contribution in [1.82, 2.24) is 10.2 Å². The van der Waals surface area contributed by atoms with Crippen LogP contribution < -0.4 is 10.6 Å². The molecule has 1 aromatic carbocycles. The summed E-state index contributed by atoms with van der Waals surface area (Å²) < 4.78 is 0. The quantitative estimate of drug-likeness (QED) is 0.817. The van der Waals surface area contributed by atoms with Gasteiger partial charge in [-0.3, -0.25) is 9.59 Å². The van der Waals surface area contributed by atoms with Crippen molar-refractivity contribution < 1.29 is 9.59 Å². The summed E-state index contributed by atoms with van der Waals surface area (Å²) in [4.78, 5) is 27.3. The number of anilines is 1. The van der Waals surface area contributed by atoms with Gasteiger partial charge in [-0.05, 0) is 74.5 Å². The fourth-order valence-electron chi connectivity index (χ4n) is 3.25. The Balaban J connectivity index is 1.53. The molecular formula is C20H25N3O2S. The van der Waals surface area contributed by atoms with Crippen molar-refractivity contribution in [3.8, 4) is 0 Å². The summed E-state index contributed by atoms with van der Waals surface area (Å²) in [5.41, 5.74) is 1.37. The Morgan fingerprint density at radius 1 is 1.15 bits per heavy atom. The molecule has 1 aliphatic rings. The van der Waals surface area contributed by atoms with Crippen LogP contribution in [0.3, 0.4) is 0 Å². The minimum Gasteiger partial charge on any atom is -0.339 e. The van der Waals surface area contributed by atoms with Crippen LogP contribution in [-0.4, -0.2) is 43.4 Å². The van der Waals surface area contributed by atoms with Gasteiger partial charge >= 0.3 is 0 Å². The van der Waals surface area contributed by atoms with Crippen molar-refractivity contribution >= 4 is 28.8 Å². The van der Waals surface area contributed by atoms with Crippen LogP contribution >= 0.6 is 11.3 Å². The van der Waals surface area contributed by atoms with Crippen molar-refractivity contribution in [2.45, 2.75) is 19.3 Å². The van der Waals surface area contributed by atoms with Crippen molar-refractivity contribution in [2.75, 3.05) is 32.0 Å². The summed E-state index contributed by atoms with van der Waals surface area (Å²) in [7, 11) is 1.98. The predicted octanol–water partition coefficient (Wildman–Crippen LogP) is 3.46. The first-order chi connectivity index (χ1) is 12.7. The fraction of sp³-hybridized carbons (Fsp3) is 0.400. The van der Waals surface area contributed by atoms with Crippen LogP contribution in [0.5, 0.6) is 0 Å². The number of thiophene rings is 1. The van der Waals surface area contributed by atoms with Gasteiger partial charge in [0.1, 0.15) is 0 Å². The molecule has 6 heteroatoms. The molecule has 2 aromatic rings. The second-order valence-corrected chi connectivity index (χ2v) is 7.58. The first kappa shape index (κ1) is 18.6. The number of carbonyl (C=O) groups excluding carboxylic acids is 2. The molecule has 1 saturated heterocycles. The third-order valence-electron chi connectivity index (χ3n) is 4.84. The Kier molecular flexibility index (Phi) is 6.41. The van der Waals surface area contributed by atoms with Crippen LogP contribution in [0.4, 0.5) is 5.69 Å². The van der Waals surface area contributed by atoms with Crippen LogP contribution in [-0.2, 0) is 0 Å². The molecule has 1 fully saturated rings. The summed E-state index contributed by atoms with van der Waals surface area (Å²) in [6.07, 6.45) is 3.32. The van der Waals surface area contributed by atoms with E-state index in [9.17, 15) is 9.59 Å². The van der Waals surface area contributed by atoms with Crippen molar-refractivity contribution in [3.63, 3.8) is 0 Å². The molecule has 0 spiro atoms. The van der Waals surface area contributed by atoms with Gasteiger partial charge in [0, 0.05) is 24.3 Å². The van der Waals surface area contributed by atoms with Crippen molar-refractivity contribution in [1.29, 1.82) is 0 Å². The standard InChI is InChI=1S/C20H25N3O2S/c1-21-11-8-15-9-12-23(13-10-15)20(25)16-4-6-17(7-5-16)22-19(24)18-3-2-14-26-18/h2-7,14-15,21H,8-13H2,1H3,(H,22,24). The van der Waals surface area contributed by atoms with E-state index in [1.807, 2.05) is 23.4 Å². The molecule has 0 atom stereocenters. The van der Waals surface area contributed by atoms with E-state index in [0.29, 0.717) is 22.0 Å². The highest BCUT2D eigenvalue weighted by molar-refractivity contribution is 7.12. The monoisotopic (exact) mass is 371 g/mol. The molecule has 2 N–H and O–H groups in total. The summed E-state index contributed by atoms with van der Waals surface area (Å²) in [5.74, 6) is 0.664. The van der Waals surface area contributed by atoms with Gasteiger partial charge in [0.15, 0.2) is 0 Å². The van der Waals surface area contributed by atoms with E-state index in [1.165, 1.54) is 17.8 Å². The minimum atomic E-state index is -0.122. The number of nitrogens with one attached hydrogen (secondary N) is 2. The molecule has 0 radical (unpaired) electrons. The molecule has 138 valence electrons. The molecule has 3 rings (SSSR count). The first-order valence-corrected chi connectivity index (χ1v) is 9.94. The molecule has 26 heavy (non-hydrogen) atoms. The Morgan fingerprint density at radius 2 is 1.88 bits per heavy atom. The molecular weight excluding hydrogens is 346 g/mol. The molecule has 0 saturated carbocycles. The Labute approximate surface area is 158 Å². The van der Waals surface area contributed by atoms with Crippen LogP contribution in [0.15, 0.2) is 41.8 Å². The largest absolute Gasteiger partial charge is 0.339 e. The lowest BCUT2D eigenvalue weighted by Gasteiger charge is -2.32. The summed E-state index contributed by atoms with van der Waals surface area (Å²) in [6, 6.07) is 10.8. The fourth-order valence-corrected chi connectivity index (χ4v) is 3.87. The lowest BCUT2D eigenvalue weighted by atomic mass is 9.93. The Morgan fingerprint density at radius 3 is 2.50 bits per heavy atom. The number of carbonyl (C=O) groups is 2. The average molecular weight is 372 g/mol. The first-order valence-electron chi connectivity index (χ1n) is 9.06. The third kappa shape index (κ3) is 4.71. The van der Waals surface area contributed by atoms with Gasteiger partial charge in [0.2, 0.25) is 0 Å². The summed E-state index contributed by atoms with van der Waals surface area (Å²) in [6.45, 7) is 2.69. The number of amides is 2. The van der Waals surface area contributed by atoms with Crippen LogP contribution in [0.1, 0.15) is 39.3 Å². The number of piperidine rings is 1. The second kappa shape index (κ2) is 8.96. The number of hydrogen-bond donors (Lipinski definition) is 2. The van der Waals surface area contributed by atoms with Crippen molar-refractivity contribution in [2.24, 2.45) is 5.92 Å². The zero-order valence-electron chi connectivity index (χ0n) is 15.0. The van der Waals surface area contributed by atoms with E-state index >= 15 is 0 Å². The molecule has 2 amide bonds. The van der Waals surface area contributed by atoms with E-state index in [4.69, 9.17) is 0 Å². The van der Waals surface area contributed by atoms with Gasteiger partial charge in [-0.1, -0.05) is 6.07 Å². The Hall–Kier alpha value is -2.18. The van der Waals surface area contributed by atoms with Crippen LogP contribution in [0.25, 0.3) is 0 Å². The number of benzene rings is 1. The van der Waals surface area contributed by atoms with E-state index in [-0.39, 0.29) is 11.8 Å². The van der Waals surface area contributed by atoms with Gasteiger partial charge in [-0.2, -0.15) is 0 Å². The van der Waals surface area contributed by atoms with Gasteiger partial charge in [0.05, 0.1) is 4.88 Å².